The van der Waals surface area contributed by atoms with Crippen LogP contribution in [0.2, 0.25) is 10.0 Å². The number of carbonyl (C=O) groups excluding carboxylic acids is 1. The second-order valence-corrected chi connectivity index (χ2v) is 5.97. The van der Waals surface area contributed by atoms with Crippen molar-refractivity contribution < 1.29 is 9.53 Å². The molecule has 0 atom stereocenters. The molecule has 0 aliphatic carbocycles. The zero-order chi connectivity index (χ0) is 18.5. The van der Waals surface area contributed by atoms with Crippen molar-refractivity contribution in [1.82, 2.24) is 9.97 Å². The first-order valence-electron chi connectivity index (χ1n) is 7.57. The number of hydrogen-bond acceptors (Lipinski definition) is 5. The highest BCUT2D eigenvalue weighted by Crippen LogP contribution is 2.31. The summed E-state index contributed by atoms with van der Waals surface area (Å²) in [4.78, 5) is 20.9. The highest BCUT2D eigenvalue weighted by Gasteiger charge is 2.18. The molecule has 6 nitrogen and oxygen atoms in total. The van der Waals surface area contributed by atoms with Crippen LogP contribution in [0, 0.1) is 0 Å². The molecule has 3 aromatic rings. The standard InChI is InChI=1S/C18H14Cl2N4O2/c1-26-17-12(16(25)23-15-13(19)8-5-9-14(15)20)10-21-18(24-17)22-11-6-3-2-4-7-11/h2-10H,1H3,(H,23,25)(H,21,22,24). The largest absolute Gasteiger partial charge is 0.480 e. The van der Waals surface area contributed by atoms with Crippen LogP contribution in [-0.2, 0) is 0 Å². The monoisotopic (exact) mass is 388 g/mol. The zero-order valence-electron chi connectivity index (χ0n) is 13.7. The summed E-state index contributed by atoms with van der Waals surface area (Å²) >= 11 is 12.2. The van der Waals surface area contributed by atoms with E-state index in [9.17, 15) is 4.79 Å². The van der Waals surface area contributed by atoms with E-state index in [0.717, 1.165) is 5.69 Å². The van der Waals surface area contributed by atoms with E-state index >= 15 is 0 Å². The second-order valence-electron chi connectivity index (χ2n) is 5.16. The molecule has 132 valence electrons. The maximum Gasteiger partial charge on any atom is 0.262 e. The Bertz CT molecular complexity index is 915. The van der Waals surface area contributed by atoms with Crippen molar-refractivity contribution in [2.24, 2.45) is 0 Å². The predicted molar refractivity (Wildman–Crippen MR) is 103 cm³/mol. The number of nitrogens with one attached hydrogen (secondary N) is 2. The summed E-state index contributed by atoms with van der Waals surface area (Å²) in [5, 5.41) is 6.35. The number of aromatic nitrogens is 2. The molecule has 1 heterocycles. The number of nitrogens with zero attached hydrogens (tertiary/aromatic N) is 2. The smallest absolute Gasteiger partial charge is 0.262 e. The summed E-state index contributed by atoms with van der Waals surface area (Å²) in [5.41, 5.74) is 1.28. The third kappa shape index (κ3) is 4.04. The number of halogens is 2. The van der Waals surface area contributed by atoms with E-state index in [0.29, 0.717) is 21.7 Å². The summed E-state index contributed by atoms with van der Waals surface area (Å²) in [6.45, 7) is 0. The number of rotatable bonds is 5. The minimum absolute atomic E-state index is 0.124. The summed E-state index contributed by atoms with van der Waals surface area (Å²) in [5.74, 6) is -0.0532. The normalized spacial score (nSPS) is 10.3. The Morgan fingerprint density at radius 1 is 1.04 bits per heavy atom. The zero-order valence-corrected chi connectivity index (χ0v) is 15.2. The Morgan fingerprint density at radius 2 is 1.73 bits per heavy atom. The molecule has 0 radical (unpaired) electrons. The molecule has 1 amide bonds. The number of anilines is 3. The van der Waals surface area contributed by atoms with Gasteiger partial charge >= 0.3 is 0 Å². The average molecular weight is 389 g/mol. The van der Waals surface area contributed by atoms with E-state index in [1.54, 1.807) is 18.2 Å². The molecule has 0 unspecified atom stereocenters. The number of carbonyl (C=O) groups is 1. The molecule has 0 aliphatic rings. The van der Waals surface area contributed by atoms with E-state index < -0.39 is 5.91 Å². The Hall–Kier alpha value is -2.83. The third-order valence-electron chi connectivity index (χ3n) is 3.42. The molecule has 0 saturated carbocycles. The number of ether oxygens (including phenoxy) is 1. The predicted octanol–water partition coefficient (Wildman–Crippen LogP) is 4.79. The molecule has 0 spiro atoms. The molecule has 2 aromatic carbocycles. The van der Waals surface area contributed by atoms with Crippen molar-refractivity contribution in [2.45, 2.75) is 0 Å². The molecule has 3 rings (SSSR count). The van der Waals surface area contributed by atoms with Crippen LogP contribution in [0.15, 0.2) is 54.7 Å². The maximum atomic E-state index is 12.6. The van der Waals surface area contributed by atoms with Crippen molar-refractivity contribution in [3.05, 3.63) is 70.3 Å². The molecule has 0 bridgehead atoms. The molecule has 0 aliphatic heterocycles. The lowest BCUT2D eigenvalue weighted by Crippen LogP contribution is -2.15. The first-order chi connectivity index (χ1) is 12.6. The highest BCUT2D eigenvalue weighted by atomic mass is 35.5. The van der Waals surface area contributed by atoms with Crippen LogP contribution in [-0.4, -0.2) is 23.0 Å². The van der Waals surface area contributed by atoms with Crippen molar-refractivity contribution >= 4 is 46.4 Å². The van der Waals surface area contributed by atoms with Gasteiger partial charge in [-0.25, -0.2) is 4.98 Å². The lowest BCUT2D eigenvalue weighted by atomic mass is 10.2. The summed E-state index contributed by atoms with van der Waals surface area (Å²) in [7, 11) is 1.42. The van der Waals surface area contributed by atoms with Gasteiger partial charge in [0.1, 0.15) is 5.56 Å². The lowest BCUT2D eigenvalue weighted by Gasteiger charge is -2.12. The molecule has 8 heteroatoms. The van der Waals surface area contributed by atoms with Crippen molar-refractivity contribution in [1.29, 1.82) is 0 Å². The molecule has 26 heavy (non-hydrogen) atoms. The van der Waals surface area contributed by atoms with Crippen molar-refractivity contribution in [2.75, 3.05) is 17.7 Å². The summed E-state index contributed by atoms with van der Waals surface area (Å²) < 4.78 is 5.23. The van der Waals surface area contributed by atoms with Gasteiger partial charge < -0.3 is 15.4 Å². The SMILES string of the molecule is COc1nc(Nc2ccccc2)ncc1C(=O)Nc1c(Cl)cccc1Cl. The van der Waals surface area contributed by atoms with E-state index in [1.165, 1.54) is 13.3 Å². The number of para-hydroxylation sites is 2. The fraction of sp³-hybridized carbons (Fsp3) is 0.0556. The van der Waals surface area contributed by atoms with Crippen LogP contribution in [0.3, 0.4) is 0 Å². The van der Waals surface area contributed by atoms with Crippen LogP contribution in [0.5, 0.6) is 5.88 Å². The molecule has 0 saturated heterocycles. The molecule has 0 fully saturated rings. The van der Waals surface area contributed by atoms with Gasteiger partial charge in [-0.1, -0.05) is 47.5 Å². The fourth-order valence-electron chi connectivity index (χ4n) is 2.19. The maximum absolute atomic E-state index is 12.6. The number of amides is 1. The average Bonchev–Trinajstić information content (AvgIpc) is 2.65. The van der Waals surface area contributed by atoms with Gasteiger partial charge in [0.2, 0.25) is 11.8 Å². The fourth-order valence-corrected chi connectivity index (χ4v) is 2.68. The first-order valence-corrected chi connectivity index (χ1v) is 8.32. The van der Waals surface area contributed by atoms with E-state index in [1.807, 2.05) is 30.3 Å². The van der Waals surface area contributed by atoms with Crippen LogP contribution in [0.4, 0.5) is 17.3 Å². The molecular weight excluding hydrogens is 375 g/mol. The number of benzene rings is 2. The lowest BCUT2D eigenvalue weighted by molar-refractivity contribution is 0.102. The van der Waals surface area contributed by atoms with E-state index in [-0.39, 0.29) is 11.4 Å². The number of methoxy groups -OCH3 is 1. The minimum Gasteiger partial charge on any atom is -0.480 e. The highest BCUT2D eigenvalue weighted by molar-refractivity contribution is 6.40. The van der Waals surface area contributed by atoms with Crippen LogP contribution < -0.4 is 15.4 Å². The van der Waals surface area contributed by atoms with Gasteiger partial charge in [0, 0.05) is 11.9 Å². The van der Waals surface area contributed by atoms with Crippen LogP contribution >= 0.6 is 23.2 Å². The van der Waals surface area contributed by atoms with Gasteiger partial charge in [-0.2, -0.15) is 4.98 Å². The van der Waals surface area contributed by atoms with Crippen LogP contribution in [0.1, 0.15) is 10.4 Å². The van der Waals surface area contributed by atoms with Gasteiger partial charge in [0.15, 0.2) is 0 Å². The Balaban J connectivity index is 1.84. The van der Waals surface area contributed by atoms with Crippen LogP contribution in [0.25, 0.3) is 0 Å². The first kappa shape index (κ1) is 18.0. The topological polar surface area (TPSA) is 76.1 Å². The van der Waals surface area contributed by atoms with Gasteiger partial charge in [-0.05, 0) is 24.3 Å². The van der Waals surface area contributed by atoms with Crippen molar-refractivity contribution in [3.63, 3.8) is 0 Å². The summed E-state index contributed by atoms with van der Waals surface area (Å²) in [6, 6.07) is 14.4. The second kappa shape index (κ2) is 8.03. The molecule has 2 N–H and O–H groups in total. The van der Waals surface area contributed by atoms with Crippen molar-refractivity contribution in [3.8, 4) is 5.88 Å². The summed E-state index contributed by atoms with van der Waals surface area (Å²) in [6.07, 6.45) is 1.37. The van der Waals surface area contributed by atoms with Gasteiger partial charge in [-0.3, -0.25) is 4.79 Å². The number of hydrogen-bond donors (Lipinski definition) is 2. The Kier molecular flexibility index (Phi) is 5.55. The van der Waals surface area contributed by atoms with Gasteiger partial charge in [0.05, 0.1) is 22.8 Å². The molecular formula is C18H14Cl2N4O2. The Morgan fingerprint density at radius 3 is 2.38 bits per heavy atom. The van der Waals surface area contributed by atoms with Gasteiger partial charge in [-0.15, -0.1) is 0 Å². The third-order valence-corrected chi connectivity index (χ3v) is 4.05. The minimum atomic E-state index is -0.483. The Labute approximate surface area is 160 Å². The quantitative estimate of drug-likeness (QED) is 0.656. The van der Waals surface area contributed by atoms with Gasteiger partial charge in [0.25, 0.3) is 5.91 Å². The van der Waals surface area contributed by atoms with E-state index in [2.05, 4.69) is 20.6 Å². The van der Waals surface area contributed by atoms with E-state index in [4.69, 9.17) is 27.9 Å². The molecule has 1 aromatic heterocycles.